The van der Waals surface area contributed by atoms with E-state index in [4.69, 9.17) is 4.74 Å². The summed E-state index contributed by atoms with van der Waals surface area (Å²) in [5.41, 5.74) is -0.181. The van der Waals surface area contributed by atoms with Crippen molar-refractivity contribution in [1.29, 1.82) is 0 Å². The van der Waals surface area contributed by atoms with Crippen molar-refractivity contribution >= 4 is 21.9 Å². The zero-order valence-electron chi connectivity index (χ0n) is 15.6. The van der Waals surface area contributed by atoms with E-state index in [-0.39, 0.29) is 43.4 Å². The van der Waals surface area contributed by atoms with Crippen molar-refractivity contribution in [1.82, 2.24) is 9.21 Å². The van der Waals surface area contributed by atoms with Crippen LogP contribution in [0.2, 0.25) is 0 Å². The summed E-state index contributed by atoms with van der Waals surface area (Å²) in [5, 5.41) is 0. The minimum absolute atomic E-state index is 0.0407. The summed E-state index contributed by atoms with van der Waals surface area (Å²) >= 11 is 0. The number of morpholine rings is 1. The Bertz CT molecular complexity index is 821. The molecule has 1 aliphatic rings. The Morgan fingerprint density at radius 3 is 2.28 bits per heavy atom. The second-order valence-electron chi connectivity index (χ2n) is 6.12. The van der Waals surface area contributed by atoms with Crippen LogP contribution in [-0.4, -0.2) is 81.7 Å². The van der Waals surface area contributed by atoms with Gasteiger partial charge in [0, 0.05) is 18.7 Å². The number of esters is 1. The maximum Gasteiger partial charge on any atom is 0.406 e. The first kappa shape index (κ1) is 23.1. The molecule has 0 spiro atoms. The van der Waals surface area contributed by atoms with E-state index in [2.05, 4.69) is 4.74 Å². The molecule has 0 aromatic heterocycles. The van der Waals surface area contributed by atoms with Crippen molar-refractivity contribution in [2.75, 3.05) is 46.0 Å². The molecule has 0 aliphatic carbocycles. The lowest BCUT2D eigenvalue weighted by molar-refractivity contribution is -0.153. The maximum atomic E-state index is 12.8. The SMILES string of the molecule is CCOC(=O)CN(CC(F)(F)F)C(=O)c1ccc(S(=O)(=O)N2CCOCC2)cc1. The quantitative estimate of drug-likeness (QED) is 0.596. The zero-order chi connectivity index (χ0) is 21.7. The van der Waals surface area contributed by atoms with Gasteiger partial charge in [0.2, 0.25) is 10.0 Å². The van der Waals surface area contributed by atoms with Gasteiger partial charge in [0.05, 0.1) is 24.7 Å². The van der Waals surface area contributed by atoms with Gasteiger partial charge in [0.25, 0.3) is 5.91 Å². The highest BCUT2D eigenvalue weighted by molar-refractivity contribution is 7.89. The lowest BCUT2D eigenvalue weighted by atomic mass is 10.2. The first-order valence-corrected chi connectivity index (χ1v) is 10.2. The normalized spacial score (nSPS) is 15.7. The van der Waals surface area contributed by atoms with Gasteiger partial charge in [-0.1, -0.05) is 0 Å². The van der Waals surface area contributed by atoms with Crippen molar-refractivity contribution in [3.63, 3.8) is 0 Å². The molecule has 1 aromatic rings. The number of ether oxygens (including phenoxy) is 2. The van der Waals surface area contributed by atoms with Gasteiger partial charge in [-0.2, -0.15) is 17.5 Å². The molecule has 0 bridgehead atoms. The molecule has 29 heavy (non-hydrogen) atoms. The highest BCUT2D eigenvalue weighted by Gasteiger charge is 2.35. The van der Waals surface area contributed by atoms with E-state index in [0.29, 0.717) is 4.90 Å². The van der Waals surface area contributed by atoms with Crippen molar-refractivity contribution < 1.29 is 40.7 Å². The number of hydrogen-bond acceptors (Lipinski definition) is 6. The second-order valence-corrected chi connectivity index (χ2v) is 8.06. The van der Waals surface area contributed by atoms with Crippen LogP contribution in [0.15, 0.2) is 29.2 Å². The number of sulfonamides is 1. The van der Waals surface area contributed by atoms with Crippen LogP contribution in [0.5, 0.6) is 0 Å². The average molecular weight is 438 g/mol. The molecule has 1 amide bonds. The van der Waals surface area contributed by atoms with Crippen LogP contribution in [0.1, 0.15) is 17.3 Å². The summed E-state index contributed by atoms with van der Waals surface area (Å²) in [6.07, 6.45) is -4.72. The van der Waals surface area contributed by atoms with Gasteiger partial charge in [0.1, 0.15) is 13.1 Å². The standard InChI is InChI=1S/C17H21F3N2O6S/c1-2-28-15(23)11-21(12-17(18,19)20)16(24)13-3-5-14(6-4-13)29(25,26)22-7-9-27-10-8-22/h3-6H,2,7-12H2,1H3. The van der Waals surface area contributed by atoms with Crippen LogP contribution in [-0.2, 0) is 24.3 Å². The minimum atomic E-state index is -4.72. The van der Waals surface area contributed by atoms with E-state index in [0.717, 1.165) is 24.3 Å². The molecular weight excluding hydrogens is 417 g/mol. The van der Waals surface area contributed by atoms with Crippen LogP contribution >= 0.6 is 0 Å². The Balaban J connectivity index is 2.20. The fourth-order valence-electron chi connectivity index (χ4n) is 2.67. The molecule has 162 valence electrons. The van der Waals surface area contributed by atoms with Crippen LogP contribution in [0.3, 0.4) is 0 Å². The van der Waals surface area contributed by atoms with Crippen molar-refractivity contribution in [3.05, 3.63) is 29.8 Å². The van der Waals surface area contributed by atoms with Gasteiger partial charge < -0.3 is 14.4 Å². The Labute approximate surface area is 166 Å². The van der Waals surface area contributed by atoms with Crippen molar-refractivity contribution in [3.8, 4) is 0 Å². The molecule has 0 unspecified atom stereocenters. The first-order valence-electron chi connectivity index (χ1n) is 8.74. The van der Waals surface area contributed by atoms with Crippen LogP contribution in [0.25, 0.3) is 0 Å². The van der Waals surface area contributed by atoms with Gasteiger partial charge in [-0.15, -0.1) is 0 Å². The van der Waals surface area contributed by atoms with E-state index in [1.165, 1.54) is 11.2 Å². The van der Waals surface area contributed by atoms with Gasteiger partial charge >= 0.3 is 12.1 Å². The van der Waals surface area contributed by atoms with Crippen LogP contribution in [0.4, 0.5) is 13.2 Å². The molecule has 12 heteroatoms. The summed E-state index contributed by atoms with van der Waals surface area (Å²) < 4.78 is 74.5. The van der Waals surface area contributed by atoms with Gasteiger partial charge in [-0.25, -0.2) is 8.42 Å². The third kappa shape index (κ3) is 6.41. The summed E-state index contributed by atoms with van der Waals surface area (Å²) in [5.74, 6) is -2.04. The number of alkyl halides is 3. The van der Waals surface area contributed by atoms with E-state index in [1.807, 2.05) is 0 Å². The van der Waals surface area contributed by atoms with E-state index in [1.54, 1.807) is 0 Å². The maximum absolute atomic E-state index is 12.8. The highest BCUT2D eigenvalue weighted by Crippen LogP contribution is 2.21. The average Bonchev–Trinajstić information content (AvgIpc) is 2.67. The monoisotopic (exact) mass is 438 g/mol. The molecule has 2 rings (SSSR count). The summed E-state index contributed by atoms with van der Waals surface area (Å²) in [6, 6.07) is 4.52. The number of carbonyl (C=O) groups excluding carboxylic acids is 2. The lowest BCUT2D eigenvalue weighted by Crippen LogP contribution is -2.42. The zero-order valence-corrected chi connectivity index (χ0v) is 16.5. The topological polar surface area (TPSA) is 93.2 Å². The number of rotatable bonds is 7. The molecular formula is C17H21F3N2O6S. The summed E-state index contributed by atoms with van der Waals surface area (Å²) in [7, 11) is -3.81. The van der Waals surface area contributed by atoms with Gasteiger partial charge in [-0.05, 0) is 31.2 Å². The number of nitrogens with zero attached hydrogens (tertiary/aromatic N) is 2. The number of benzene rings is 1. The molecule has 0 saturated carbocycles. The second kappa shape index (κ2) is 9.55. The molecule has 1 fully saturated rings. The lowest BCUT2D eigenvalue weighted by Gasteiger charge is -2.26. The molecule has 1 heterocycles. The van der Waals surface area contributed by atoms with E-state index >= 15 is 0 Å². The Morgan fingerprint density at radius 1 is 1.17 bits per heavy atom. The molecule has 0 radical (unpaired) electrons. The van der Waals surface area contributed by atoms with Gasteiger partial charge in [0.15, 0.2) is 0 Å². The molecule has 1 aliphatic heterocycles. The number of hydrogen-bond donors (Lipinski definition) is 0. The fourth-order valence-corrected chi connectivity index (χ4v) is 4.07. The molecule has 0 N–H and O–H groups in total. The number of amides is 1. The Hall–Kier alpha value is -2.18. The number of halogens is 3. The van der Waals surface area contributed by atoms with Gasteiger partial charge in [-0.3, -0.25) is 9.59 Å². The summed E-state index contributed by atoms with van der Waals surface area (Å²) in [4.78, 5) is 24.2. The molecule has 1 saturated heterocycles. The predicted octanol–water partition coefficient (Wildman–Crippen LogP) is 1.28. The minimum Gasteiger partial charge on any atom is -0.465 e. The molecule has 1 aromatic carbocycles. The summed E-state index contributed by atoms with van der Waals surface area (Å²) in [6.45, 7) is -0.184. The highest BCUT2D eigenvalue weighted by atomic mass is 32.2. The fraction of sp³-hybridized carbons (Fsp3) is 0.529. The van der Waals surface area contributed by atoms with E-state index in [9.17, 15) is 31.2 Å². The third-order valence-electron chi connectivity index (χ3n) is 3.99. The van der Waals surface area contributed by atoms with E-state index < -0.39 is 41.2 Å². The van der Waals surface area contributed by atoms with Crippen LogP contribution in [0, 0.1) is 0 Å². The largest absolute Gasteiger partial charge is 0.465 e. The molecule has 8 nitrogen and oxygen atoms in total. The smallest absolute Gasteiger partial charge is 0.406 e. The first-order chi connectivity index (χ1) is 13.5. The number of carbonyl (C=O) groups is 2. The molecule has 0 atom stereocenters. The Kier molecular flexibility index (Phi) is 7.60. The van der Waals surface area contributed by atoms with Crippen molar-refractivity contribution in [2.45, 2.75) is 18.0 Å². The van der Waals surface area contributed by atoms with Crippen LogP contribution < -0.4 is 0 Å². The predicted molar refractivity (Wildman–Crippen MR) is 94.6 cm³/mol. The Morgan fingerprint density at radius 2 is 1.76 bits per heavy atom. The third-order valence-corrected chi connectivity index (χ3v) is 5.90. The van der Waals surface area contributed by atoms with Crippen molar-refractivity contribution in [2.24, 2.45) is 0 Å².